The largest absolute Gasteiger partial charge is 0.398 e. The maximum atomic E-state index is 12.3. The van der Waals surface area contributed by atoms with E-state index in [1.54, 1.807) is 21.1 Å². The van der Waals surface area contributed by atoms with Gasteiger partial charge in [-0.2, -0.15) is 0 Å². The fraction of sp³-hybridized carbons (Fsp3) is 0.542. The predicted octanol–water partition coefficient (Wildman–Crippen LogP) is 9.71. The molecule has 3 fully saturated rings. The van der Waals surface area contributed by atoms with Gasteiger partial charge in [-0.1, -0.05) is 114 Å². The molecule has 60 heavy (non-hydrogen) atoms. The molecular formula is C48H76N8O2P2. The second-order valence-corrected chi connectivity index (χ2v) is 18.9. The molecule has 3 saturated heterocycles. The molecule has 330 valence electrons. The van der Waals surface area contributed by atoms with Crippen LogP contribution >= 0.6 is 18.8 Å². The Balaban J connectivity index is 0.000000191. The molecule has 0 radical (unpaired) electrons. The minimum Gasteiger partial charge on any atom is -0.398 e. The van der Waals surface area contributed by atoms with Gasteiger partial charge in [0.15, 0.2) is 0 Å². The van der Waals surface area contributed by atoms with Crippen LogP contribution in [0.25, 0.3) is 5.69 Å². The van der Waals surface area contributed by atoms with E-state index >= 15 is 0 Å². The van der Waals surface area contributed by atoms with E-state index in [9.17, 15) is 9.59 Å². The fourth-order valence-corrected chi connectivity index (χ4v) is 8.54. The molecule has 12 heteroatoms. The van der Waals surface area contributed by atoms with E-state index in [0.29, 0.717) is 23.7 Å². The van der Waals surface area contributed by atoms with Crippen molar-refractivity contribution in [3.63, 3.8) is 0 Å². The number of hydrogen-bond donors (Lipinski definition) is 3. The van der Waals surface area contributed by atoms with Gasteiger partial charge in [-0.25, -0.2) is 9.59 Å². The van der Waals surface area contributed by atoms with Crippen LogP contribution in [0.1, 0.15) is 114 Å². The van der Waals surface area contributed by atoms with Crippen LogP contribution < -0.4 is 22.1 Å². The summed E-state index contributed by atoms with van der Waals surface area (Å²) in [7, 11) is 9.19. The summed E-state index contributed by atoms with van der Waals surface area (Å²) in [6.07, 6.45) is 12.0. The second-order valence-electron chi connectivity index (χ2n) is 17.5. The number of hydrogen-bond acceptors (Lipinski definition) is 6. The van der Waals surface area contributed by atoms with Crippen LogP contribution in [0.5, 0.6) is 0 Å². The third-order valence-electron chi connectivity index (χ3n) is 11.9. The summed E-state index contributed by atoms with van der Waals surface area (Å²) >= 11 is 0. The maximum Gasteiger partial charge on any atom is 0.332 e. The second kappa shape index (κ2) is 25.4. The number of aromatic nitrogens is 2. The van der Waals surface area contributed by atoms with E-state index in [2.05, 4.69) is 110 Å². The van der Waals surface area contributed by atoms with Crippen molar-refractivity contribution in [3.8, 4) is 5.69 Å². The van der Waals surface area contributed by atoms with Crippen LogP contribution in [0.15, 0.2) is 90.0 Å². The summed E-state index contributed by atoms with van der Waals surface area (Å²) in [5.41, 5.74) is 12.8. The van der Waals surface area contributed by atoms with E-state index in [1.807, 2.05) is 55.8 Å². The van der Waals surface area contributed by atoms with E-state index in [4.69, 9.17) is 5.73 Å². The van der Waals surface area contributed by atoms with Gasteiger partial charge in [0.2, 0.25) is 0 Å². The van der Waals surface area contributed by atoms with Gasteiger partial charge in [-0.3, -0.25) is 13.9 Å². The molecule has 0 saturated carbocycles. The number of piperidine rings is 3. The van der Waals surface area contributed by atoms with Gasteiger partial charge in [0.05, 0.1) is 5.69 Å². The van der Waals surface area contributed by atoms with Crippen molar-refractivity contribution in [2.75, 3.05) is 63.9 Å². The highest BCUT2D eigenvalue weighted by atomic mass is 31.0. The number of carbonyl (C=O) groups is 1. The Morgan fingerprint density at radius 2 is 1.23 bits per heavy atom. The van der Waals surface area contributed by atoms with Gasteiger partial charge >= 0.3 is 11.7 Å². The minimum atomic E-state index is -0.0235. The Bertz CT molecular complexity index is 1910. The normalized spacial score (nSPS) is 16.9. The maximum absolute atomic E-state index is 12.3. The quantitative estimate of drug-likeness (QED) is 0.121. The van der Waals surface area contributed by atoms with Gasteiger partial charge in [-0.05, 0) is 116 Å². The molecule has 2 unspecified atom stereocenters. The smallest absolute Gasteiger partial charge is 0.332 e. The van der Waals surface area contributed by atoms with Crippen LogP contribution in [-0.4, -0.2) is 82.3 Å². The summed E-state index contributed by atoms with van der Waals surface area (Å²) in [5, 5.41) is 6.48. The van der Waals surface area contributed by atoms with Crippen molar-refractivity contribution in [1.82, 2.24) is 28.7 Å². The molecule has 2 amide bonds. The van der Waals surface area contributed by atoms with Crippen LogP contribution in [-0.2, 0) is 7.05 Å². The zero-order chi connectivity index (χ0) is 43.6. The first-order valence-corrected chi connectivity index (χ1v) is 23.3. The molecule has 4 heterocycles. The number of imidazole rings is 1. The number of nitrogens with two attached hydrogens (primary N) is 1. The topological polar surface area (TPSA) is 104 Å². The molecule has 4 N–H and O–H groups in total. The van der Waals surface area contributed by atoms with Crippen LogP contribution in [0, 0.1) is 11.8 Å². The molecule has 0 spiro atoms. The molecule has 3 aliphatic rings. The fourth-order valence-electron chi connectivity index (χ4n) is 7.94. The monoisotopic (exact) mass is 859 g/mol. The molecule has 0 bridgehead atoms. The first-order chi connectivity index (χ1) is 28.8. The number of nitrogens with one attached hydrogen (secondary N) is 2. The Hall–Kier alpha value is -3.52. The molecule has 3 aliphatic heterocycles. The Kier molecular flexibility index (Phi) is 20.8. The van der Waals surface area contributed by atoms with Crippen molar-refractivity contribution in [1.29, 1.82) is 0 Å². The van der Waals surface area contributed by atoms with Gasteiger partial charge in [0.25, 0.3) is 0 Å². The molecule has 10 nitrogen and oxygen atoms in total. The lowest BCUT2D eigenvalue weighted by atomic mass is 9.89. The van der Waals surface area contributed by atoms with Gasteiger partial charge in [0.1, 0.15) is 0 Å². The summed E-state index contributed by atoms with van der Waals surface area (Å²) in [5.74, 6) is 3.09. The molecular weight excluding hydrogens is 783 g/mol. The highest BCUT2D eigenvalue weighted by Crippen LogP contribution is 2.35. The summed E-state index contributed by atoms with van der Waals surface area (Å²) in [6.45, 7) is 18.3. The standard InChI is InChI=1S/C17H28N3OP.C15H19N3O.C11H17N2P.C5H12/c1-13(2)12-19(3)17(21)18-16-7-5-4-6-15(16)14-8-10-20(22)11-9-14;1-17-10-11-18(15(17)19)14-5-3-2-4-13(14)12-6-8-16-9-7-12;12-11-4-2-1-3-10(11)9-5-7-13(14)8-6-9;1-4-5(2)3/h4-7,13-14H,8-12,22H2,1-3H3,(H,18,21);2-5,10-12,16H,6-9H2,1H3;1-4,9H,5-8,12,14H2;5H,4H2,1-3H3. The Labute approximate surface area is 366 Å². The number of benzene rings is 3. The number of para-hydroxylation sites is 3. The van der Waals surface area contributed by atoms with Crippen molar-refractivity contribution >= 4 is 36.2 Å². The van der Waals surface area contributed by atoms with Crippen LogP contribution in [0.3, 0.4) is 0 Å². The summed E-state index contributed by atoms with van der Waals surface area (Å²) in [6, 6.07) is 24.7. The Morgan fingerprint density at radius 3 is 1.75 bits per heavy atom. The van der Waals surface area contributed by atoms with Gasteiger partial charge in [0, 0.05) is 70.6 Å². The molecule has 7 rings (SSSR count). The van der Waals surface area contributed by atoms with Crippen molar-refractivity contribution in [3.05, 3.63) is 112 Å². The molecule has 0 aliphatic carbocycles. The van der Waals surface area contributed by atoms with Crippen molar-refractivity contribution in [2.24, 2.45) is 18.9 Å². The van der Waals surface area contributed by atoms with Gasteiger partial charge in [-0.15, -0.1) is 0 Å². The van der Waals surface area contributed by atoms with Crippen LogP contribution in [0.2, 0.25) is 0 Å². The molecule has 2 atom stereocenters. The predicted molar refractivity (Wildman–Crippen MR) is 261 cm³/mol. The number of nitrogens with zero attached hydrogens (tertiary/aromatic N) is 5. The summed E-state index contributed by atoms with van der Waals surface area (Å²) in [4.78, 5) is 26.2. The third kappa shape index (κ3) is 15.4. The van der Waals surface area contributed by atoms with Crippen molar-refractivity contribution in [2.45, 2.75) is 97.3 Å². The van der Waals surface area contributed by atoms with Crippen molar-refractivity contribution < 1.29 is 4.79 Å². The lowest BCUT2D eigenvalue weighted by Crippen LogP contribution is -2.34. The zero-order valence-corrected chi connectivity index (χ0v) is 40.0. The SMILES string of the molecule is CC(C)CN(C)C(=O)Nc1ccccc1C1CCN(P)CC1.CCC(C)C.Cn1ccn(-c2ccccc2C2CCNCC2)c1=O.Nc1ccccc1C1CCN(P)CC1. The minimum absolute atomic E-state index is 0.0152. The molecule has 4 aromatic rings. The zero-order valence-electron chi connectivity index (χ0n) is 37.7. The number of carbonyl (C=O) groups excluding carboxylic acids is 1. The first kappa shape index (κ1) is 49.1. The highest BCUT2D eigenvalue weighted by Gasteiger charge is 2.23. The number of anilines is 2. The third-order valence-corrected chi connectivity index (χ3v) is 12.9. The lowest BCUT2D eigenvalue weighted by Gasteiger charge is -2.30. The number of nitrogen functional groups attached to an aromatic ring is 1. The summed E-state index contributed by atoms with van der Waals surface area (Å²) < 4.78 is 7.94. The average Bonchev–Trinajstić information content (AvgIpc) is 3.59. The molecule has 3 aromatic carbocycles. The number of rotatable bonds is 8. The average molecular weight is 859 g/mol. The van der Waals surface area contributed by atoms with E-state index in [1.165, 1.54) is 36.0 Å². The van der Waals surface area contributed by atoms with E-state index in [-0.39, 0.29) is 11.7 Å². The van der Waals surface area contributed by atoms with Crippen LogP contribution in [0.4, 0.5) is 16.2 Å². The Morgan fingerprint density at radius 1 is 0.750 bits per heavy atom. The van der Waals surface area contributed by atoms with Gasteiger partial charge < -0.3 is 25.8 Å². The number of urea groups is 1. The number of aryl methyl sites for hydroxylation is 1. The lowest BCUT2D eigenvalue weighted by molar-refractivity contribution is 0.217. The first-order valence-electron chi connectivity index (χ1n) is 22.3. The van der Waals surface area contributed by atoms with E-state index in [0.717, 1.165) is 94.5 Å². The van der Waals surface area contributed by atoms with E-state index < -0.39 is 0 Å². The highest BCUT2D eigenvalue weighted by molar-refractivity contribution is 7.13. The number of amides is 2. The molecule has 1 aromatic heterocycles.